The Balaban J connectivity index is 5.61. The Morgan fingerprint density at radius 1 is 1.10 bits per heavy atom. The quantitative estimate of drug-likeness (QED) is 0.396. The summed E-state index contributed by atoms with van der Waals surface area (Å²) in [5, 5.41) is 0. The molecule has 0 aromatic carbocycles. The van der Waals surface area contributed by atoms with Crippen molar-refractivity contribution in [1.29, 1.82) is 0 Å². The van der Waals surface area contributed by atoms with Crippen LogP contribution in [0, 0.1) is 0 Å². The molecule has 0 amide bonds. The van der Waals surface area contributed by atoms with Crippen LogP contribution < -0.4 is 0 Å². The molecule has 21 heavy (non-hydrogen) atoms. The molecule has 0 spiro atoms. The van der Waals surface area contributed by atoms with Gasteiger partial charge in [-0.1, -0.05) is 39.3 Å². The molecule has 0 unspecified atom stereocenters. The number of carbonyl (C=O) groups is 1. The molecule has 0 aliphatic heterocycles. The zero-order valence-electron chi connectivity index (χ0n) is 14.4. The Kier molecular flexibility index (Phi) is 7.10. The van der Waals surface area contributed by atoms with Crippen LogP contribution in [0.1, 0.15) is 19.8 Å². The van der Waals surface area contributed by atoms with E-state index in [4.69, 9.17) is 14.5 Å². The van der Waals surface area contributed by atoms with E-state index in [9.17, 15) is 9.36 Å². The largest absolute Gasteiger partial charge is 0.466 e. The van der Waals surface area contributed by atoms with Gasteiger partial charge in [-0.3, -0.25) is 9.36 Å². The van der Waals surface area contributed by atoms with Gasteiger partial charge >= 0.3 is 13.6 Å². The first-order valence-electron chi connectivity index (χ1n) is 7.41. The van der Waals surface area contributed by atoms with Crippen LogP contribution in [0.3, 0.4) is 0 Å². The summed E-state index contributed by atoms with van der Waals surface area (Å²) in [4.78, 5) is 30.9. The summed E-state index contributed by atoms with van der Waals surface area (Å²) in [6.07, 6.45) is 0.711. The van der Waals surface area contributed by atoms with Crippen LogP contribution in [-0.4, -0.2) is 44.7 Å². The predicted octanol–water partition coefficient (Wildman–Crippen LogP) is 3.46. The average molecular weight is 355 g/mol. The van der Waals surface area contributed by atoms with Gasteiger partial charge in [0.2, 0.25) is 0 Å². The van der Waals surface area contributed by atoms with Gasteiger partial charge in [-0.05, 0) is 19.8 Å². The molecule has 0 saturated carbocycles. The molecule has 2 N–H and O–H groups in total. The highest BCUT2D eigenvalue weighted by atomic mass is 31.2. The molecule has 0 heterocycles. The van der Waals surface area contributed by atoms with E-state index in [2.05, 4.69) is 39.3 Å². The number of esters is 1. The molecule has 0 fully saturated rings. The standard InChI is InChI=1S/C13H31O5PSi2/c1-8-18-12(14)13(20(2,3)4,21(5,6)7)10-9-11-19(15,16)17/h8-11H2,1-7H3,(H2,15,16,17). The van der Waals surface area contributed by atoms with Gasteiger partial charge in [-0.2, -0.15) is 0 Å². The first-order valence-corrected chi connectivity index (χ1v) is 16.2. The van der Waals surface area contributed by atoms with Gasteiger partial charge in [0.1, 0.15) is 0 Å². The van der Waals surface area contributed by atoms with Crippen LogP contribution in [0.5, 0.6) is 0 Å². The van der Waals surface area contributed by atoms with Gasteiger partial charge in [0.05, 0.1) is 27.4 Å². The van der Waals surface area contributed by atoms with E-state index in [1.54, 1.807) is 6.92 Å². The summed E-state index contributed by atoms with van der Waals surface area (Å²) in [7, 11) is -7.89. The molecule has 126 valence electrons. The third kappa shape index (κ3) is 5.32. The third-order valence-electron chi connectivity index (χ3n) is 4.19. The zero-order chi connectivity index (χ0) is 17.1. The normalized spacial score (nSPS) is 14.1. The Hall–Kier alpha value is 0.0538. The van der Waals surface area contributed by atoms with Gasteiger partial charge in [0, 0.05) is 6.16 Å². The van der Waals surface area contributed by atoms with Crippen molar-refractivity contribution in [3.8, 4) is 0 Å². The van der Waals surface area contributed by atoms with E-state index in [0.29, 0.717) is 19.4 Å². The maximum absolute atomic E-state index is 12.8. The number of carbonyl (C=O) groups excluding carboxylic acids is 1. The molecule has 0 radical (unpaired) electrons. The van der Waals surface area contributed by atoms with Crippen molar-refractivity contribution >= 4 is 29.7 Å². The summed E-state index contributed by atoms with van der Waals surface area (Å²) < 4.78 is 16.0. The summed E-state index contributed by atoms with van der Waals surface area (Å²) in [6.45, 7) is 15.1. The molecule has 5 nitrogen and oxygen atoms in total. The van der Waals surface area contributed by atoms with Crippen molar-refractivity contribution < 1.29 is 23.9 Å². The molecule has 0 aliphatic rings. The van der Waals surface area contributed by atoms with Gasteiger partial charge in [0.15, 0.2) is 0 Å². The fourth-order valence-corrected chi connectivity index (χ4v) is 16.2. The average Bonchev–Trinajstić information content (AvgIpc) is 2.19. The SMILES string of the molecule is CCOC(=O)C(CCCP(=O)(O)O)([Si](C)(C)C)[Si](C)(C)C. The second kappa shape index (κ2) is 7.09. The Bertz CT molecular complexity index is 392. The maximum atomic E-state index is 12.8. The topological polar surface area (TPSA) is 83.8 Å². The molecule has 0 aromatic heterocycles. The molecule has 0 bridgehead atoms. The lowest BCUT2D eigenvalue weighted by Crippen LogP contribution is -2.59. The van der Waals surface area contributed by atoms with Crippen LogP contribution >= 0.6 is 7.60 Å². The van der Waals surface area contributed by atoms with Crippen molar-refractivity contribution in [2.24, 2.45) is 0 Å². The van der Waals surface area contributed by atoms with Crippen LogP contribution in [-0.2, 0) is 14.1 Å². The number of hydrogen-bond acceptors (Lipinski definition) is 3. The lowest BCUT2D eigenvalue weighted by atomic mass is 10.2. The fraction of sp³-hybridized carbons (Fsp3) is 0.923. The Morgan fingerprint density at radius 2 is 1.52 bits per heavy atom. The molecule has 0 aromatic rings. The lowest BCUT2D eigenvalue weighted by Gasteiger charge is -2.49. The highest BCUT2D eigenvalue weighted by Crippen LogP contribution is 2.52. The third-order valence-corrected chi connectivity index (χ3v) is 15.6. The smallest absolute Gasteiger partial charge is 0.325 e. The van der Waals surface area contributed by atoms with Crippen LogP contribution in [0.25, 0.3) is 0 Å². The van der Waals surface area contributed by atoms with Crippen molar-refractivity contribution in [3.05, 3.63) is 0 Å². The lowest BCUT2D eigenvalue weighted by molar-refractivity contribution is -0.145. The van der Waals surface area contributed by atoms with Gasteiger partial charge in [-0.25, -0.2) is 0 Å². The molecule has 0 saturated heterocycles. The van der Waals surface area contributed by atoms with Crippen LogP contribution in [0.2, 0.25) is 43.9 Å². The maximum Gasteiger partial charge on any atom is 0.325 e. The van der Waals surface area contributed by atoms with E-state index in [1.807, 2.05) is 0 Å². The minimum atomic E-state index is -4.02. The second-order valence-corrected chi connectivity index (χ2v) is 20.6. The van der Waals surface area contributed by atoms with Crippen molar-refractivity contribution in [2.45, 2.75) is 63.7 Å². The van der Waals surface area contributed by atoms with E-state index < -0.39 is 28.4 Å². The summed E-state index contributed by atoms with van der Waals surface area (Å²) >= 11 is 0. The van der Waals surface area contributed by atoms with Crippen LogP contribution in [0.4, 0.5) is 0 Å². The molecule has 0 aliphatic carbocycles. The monoisotopic (exact) mass is 354 g/mol. The minimum Gasteiger partial charge on any atom is -0.466 e. The van der Waals surface area contributed by atoms with Crippen LogP contribution in [0.15, 0.2) is 0 Å². The molecular formula is C13H31O5PSi2. The summed E-state index contributed by atoms with van der Waals surface area (Å²) in [6, 6.07) is 0. The number of rotatable bonds is 8. The van der Waals surface area contributed by atoms with E-state index in [-0.39, 0.29) is 12.1 Å². The van der Waals surface area contributed by atoms with Crippen molar-refractivity contribution in [3.63, 3.8) is 0 Å². The molecule has 0 rings (SSSR count). The van der Waals surface area contributed by atoms with E-state index in [1.165, 1.54) is 0 Å². The first-order chi connectivity index (χ1) is 9.19. The van der Waals surface area contributed by atoms with Crippen molar-refractivity contribution in [1.82, 2.24) is 0 Å². The van der Waals surface area contributed by atoms with E-state index in [0.717, 1.165) is 0 Å². The van der Waals surface area contributed by atoms with Crippen molar-refractivity contribution in [2.75, 3.05) is 12.8 Å². The molecule has 8 heteroatoms. The predicted molar refractivity (Wildman–Crippen MR) is 92.2 cm³/mol. The summed E-state index contributed by atoms with van der Waals surface area (Å²) in [5.41, 5.74) is 0. The highest BCUT2D eigenvalue weighted by molar-refractivity contribution is 7.51. The van der Waals surface area contributed by atoms with Gasteiger partial charge in [0.25, 0.3) is 0 Å². The fourth-order valence-electron chi connectivity index (χ4n) is 3.39. The minimum absolute atomic E-state index is 0.158. The molecular weight excluding hydrogens is 323 g/mol. The van der Waals surface area contributed by atoms with E-state index >= 15 is 0 Å². The number of ether oxygens (including phenoxy) is 1. The second-order valence-electron chi connectivity index (χ2n) is 7.62. The Labute approximate surface area is 130 Å². The highest BCUT2D eigenvalue weighted by Gasteiger charge is 2.58. The molecule has 0 atom stereocenters. The summed E-state index contributed by atoms with van der Waals surface area (Å²) in [5.74, 6) is -0.158. The number of hydrogen-bond donors (Lipinski definition) is 2. The van der Waals surface area contributed by atoms with Gasteiger partial charge < -0.3 is 14.5 Å². The zero-order valence-corrected chi connectivity index (χ0v) is 17.3. The first kappa shape index (κ1) is 21.1. The Morgan fingerprint density at radius 3 is 1.81 bits per heavy atom. The van der Waals surface area contributed by atoms with Gasteiger partial charge in [-0.15, -0.1) is 0 Å².